The first-order chi connectivity index (χ1) is 11.7. The molecule has 1 aliphatic rings. The number of hydrogen-bond acceptors (Lipinski definition) is 4. The summed E-state index contributed by atoms with van der Waals surface area (Å²) in [4.78, 5) is 16.7. The van der Waals surface area contributed by atoms with Crippen molar-refractivity contribution in [2.24, 2.45) is 0 Å². The maximum absolute atomic E-state index is 10.8. The van der Waals surface area contributed by atoms with Crippen LogP contribution in [0.2, 0.25) is 0 Å². The van der Waals surface area contributed by atoms with E-state index in [1.165, 1.54) is 34.5 Å². The predicted molar refractivity (Wildman–Crippen MR) is 93.0 cm³/mol. The van der Waals surface area contributed by atoms with Crippen molar-refractivity contribution in [1.29, 1.82) is 0 Å². The molecule has 0 saturated heterocycles. The Hall–Kier alpha value is -3.21. The summed E-state index contributed by atoms with van der Waals surface area (Å²) in [7, 11) is 1.97. The SMILES string of the molecule is CN(c1ccc([N+](=O)[O-])cn1)C1c2ccccc2-c2ccccc21. The first-order valence-corrected chi connectivity index (χ1v) is 7.68. The molecule has 0 amide bonds. The first kappa shape index (κ1) is 14.4. The van der Waals surface area contributed by atoms with Gasteiger partial charge in [0.05, 0.1) is 11.0 Å². The van der Waals surface area contributed by atoms with Crippen molar-refractivity contribution in [3.63, 3.8) is 0 Å². The molecule has 1 heterocycles. The lowest BCUT2D eigenvalue weighted by molar-refractivity contribution is -0.385. The van der Waals surface area contributed by atoms with E-state index in [0.29, 0.717) is 5.82 Å². The van der Waals surface area contributed by atoms with Crippen LogP contribution >= 0.6 is 0 Å². The Morgan fingerprint density at radius 1 is 0.958 bits per heavy atom. The molecule has 1 aromatic heterocycles. The molecule has 0 unspecified atom stereocenters. The second-order valence-electron chi connectivity index (χ2n) is 5.82. The third kappa shape index (κ3) is 2.13. The minimum atomic E-state index is -0.434. The molecule has 5 nitrogen and oxygen atoms in total. The minimum Gasteiger partial charge on any atom is -0.348 e. The third-order valence-corrected chi connectivity index (χ3v) is 4.49. The van der Waals surface area contributed by atoms with Crippen molar-refractivity contribution in [2.45, 2.75) is 6.04 Å². The fourth-order valence-electron chi connectivity index (χ4n) is 3.37. The third-order valence-electron chi connectivity index (χ3n) is 4.49. The second kappa shape index (κ2) is 5.45. The summed E-state index contributed by atoms with van der Waals surface area (Å²) >= 11 is 0. The van der Waals surface area contributed by atoms with Gasteiger partial charge in [0.15, 0.2) is 0 Å². The van der Waals surface area contributed by atoms with E-state index in [0.717, 1.165) is 0 Å². The largest absolute Gasteiger partial charge is 0.348 e. The number of hydrogen-bond donors (Lipinski definition) is 0. The molecule has 0 spiro atoms. The van der Waals surface area contributed by atoms with Crippen LogP contribution < -0.4 is 4.90 Å². The zero-order valence-corrected chi connectivity index (χ0v) is 13.1. The molecule has 1 aliphatic carbocycles. The van der Waals surface area contributed by atoms with E-state index in [2.05, 4.69) is 34.1 Å². The average molecular weight is 317 g/mol. The molecule has 0 atom stereocenters. The van der Waals surface area contributed by atoms with Gasteiger partial charge >= 0.3 is 0 Å². The molecule has 0 aliphatic heterocycles. The second-order valence-corrected chi connectivity index (χ2v) is 5.82. The van der Waals surface area contributed by atoms with E-state index < -0.39 is 4.92 Å². The van der Waals surface area contributed by atoms with E-state index in [4.69, 9.17) is 0 Å². The van der Waals surface area contributed by atoms with Gasteiger partial charge in [0.25, 0.3) is 5.69 Å². The number of fused-ring (bicyclic) bond motifs is 3. The van der Waals surface area contributed by atoms with E-state index in [1.807, 2.05) is 31.3 Å². The standard InChI is InChI=1S/C19H15N3O2/c1-21(18-11-10-13(12-20-18)22(23)24)19-16-8-4-2-6-14(16)15-7-3-5-9-17(15)19/h2-12,19H,1H3. The van der Waals surface area contributed by atoms with Gasteiger partial charge in [-0.15, -0.1) is 0 Å². The summed E-state index contributed by atoms with van der Waals surface area (Å²) < 4.78 is 0. The average Bonchev–Trinajstić information content (AvgIpc) is 2.96. The highest BCUT2D eigenvalue weighted by Crippen LogP contribution is 2.46. The number of nitrogens with zero attached hydrogens (tertiary/aromatic N) is 3. The molecule has 0 bridgehead atoms. The van der Waals surface area contributed by atoms with Gasteiger partial charge in [-0.3, -0.25) is 10.1 Å². The van der Waals surface area contributed by atoms with Gasteiger partial charge in [0, 0.05) is 13.1 Å². The zero-order chi connectivity index (χ0) is 16.7. The Balaban J connectivity index is 1.79. The van der Waals surface area contributed by atoms with Crippen molar-refractivity contribution < 1.29 is 4.92 Å². The zero-order valence-electron chi connectivity index (χ0n) is 13.1. The van der Waals surface area contributed by atoms with E-state index in [1.54, 1.807) is 6.07 Å². The molecule has 3 aromatic rings. The number of anilines is 1. The van der Waals surface area contributed by atoms with Crippen LogP contribution in [0.1, 0.15) is 17.2 Å². The van der Waals surface area contributed by atoms with Crippen LogP contribution in [0.15, 0.2) is 66.9 Å². The molecule has 0 radical (unpaired) electrons. The van der Waals surface area contributed by atoms with Gasteiger partial charge < -0.3 is 4.90 Å². The van der Waals surface area contributed by atoms with Crippen LogP contribution in [0.25, 0.3) is 11.1 Å². The molecule has 5 heteroatoms. The summed E-state index contributed by atoms with van der Waals surface area (Å²) in [6.45, 7) is 0. The molecule has 0 fully saturated rings. The van der Waals surface area contributed by atoms with Crippen molar-refractivity contribution in [1.82, 2.24) is 4.98 Å². The summed E-state index contributed by atoms with van der Waals surface area (Å²) in [6, 6.07) is 19.9. The Morgan fingerprint density at radius 2 is 1.54 bits per heavy atom. The predicted octanol–water partition coefficient (Wildman–Crippen LogP) is 4.20. The molecule has 118 valence electrons. The van der Waals surface area contributed by atoms with Crippen molar-refractivity contribution >= 4 is 11.5 Å². The van der Waals surface area contributed by atoms with Crippen molar-refractivity contribution in [3.8, 4) is 11.1 Å². The van der Waals surface area contributed by atoms with Crippen molar-refractivity contribution in [3.05, 3.63) is 88.1 Å². The van der Waals surface area contributed by atoms with Crippen LogP contribution in [0, 0.1) is 10.1 Å². The summed E-state index contributed by atoms with van der Waals surface area (Å²) in [5.41, 5.74) is 4.90. The topological polar surface area (TPSA) is 59.3 Å². The van der Waals surface area contributed by atoms with Gasteiger partial charge in [-0.2, -0.15) is 0 Å². The Bertz CT molecular complexity index is 876. The van der Waals surface area contributed by atoms with Gasteiger partial charge in [-0.1, -0.05) is 48.5 Å². The lowest BCUT2D eigenvalue weighted by Gasteiger charge is -2.27. The molecular weight excluding hydrogens is 302 g/mol. The van der Waals surface area contributed by atoms with E-state index >= 15 is 0 Å². The Morgan fingerprint density at radius 3 is 2.04 bits per heavy atom. The lowest BCUT2D eigenvalue weighted by atomic mass is 10.0. The molecule has 0 N–H and O–H groups in total. The summed E-state index contributed by atoms with van der Waals surface area (Å²) in [6.07, 6.45) is 1.30. The summed E-state index contributed by atoms with van der Waals surface area (Å²) in [5, 5.41) is 10.8. The number of aromatic nitrogens is 1. The Labute approximate surface area is 139 Å². The highest BCUT2D eigenvalue weighted by atomic mass is 16.6. The van der Waals surface area contributed by atoms with Crippen LogP contribution in [0.4, 0.5) is 11.5 Å². The molecule has 2 aromatic carbocycles. The fraction of sp³-hybridized carbons (Fsp3) is 0.105. The number of pyridine rings is 1. The van der Waals surface area contributed by atoms with Crippen LogP contribution in [0.3, 0.4) is 0 Å². The maximum atomic E-state index is 10.8. The highest BCUT2D eigenvalue weighted by molar-refractivity contribution is 5.80. The first-order valence-electron chi connectivity index (χ1n) is 7.68. The minimum absolute atomic E-state index is 0.000581. The van der Waals surface area contributed by atoms with Gasteiger partial charge in [0.2, 0.25) is 0 Å². The number of benzene rings is 2. The number of rotatable bonds is 3. The number of nitro groups is 1. The quantitative estimate of drug-likeness (QED) is 0.536. The van der Waals surface area contributed by atoms with Crippen LogP contribution in [-0.2, 0) is 0 Å². The van der Waals surface area contributed by atoms with E-state index in [-0.39, 0.29) is 11.7 Å². The fourth-order valence-corrected chi connectivity index (χ4v) is 3.37. The van der Waals surface area contributed by atoms with E-state index in [9.17, 15) is 10.1 Å². The highest BCUT2D eigenvalue weighted by Gasteiger charge is 2.31. The van der Waals surface area contributed by atoms with Crippen LogP contribution in [-0.4, -0.2) is 17.0 Å². The smallest absolute Gasteiger partial charge is 0.287 e. The van der Waals surface area contributed by atoms with Crippen molar-refractivity contribution in [2.75, 3.05) is 11.9 Å². The summed E-state index contributed by atoms with van der Waals surface area (Å²) in [5.74, 6) is 0.706. The lowest BCUT2D eigenvalue weighted by Crippen LogP contribution is -2.24. The molecule has 0 saturated carbocycles. The van der Waals surface area contributed by atoms with Gasteiger partial charge in [-0.05, 0) is 28.3 Å². The van der Waals surface area contributed by atoms with Crippen LogP contribution in [0.5, 0.6) is 0 Å². The molecular formula is C19H15N3O2. The maximum Gasteiger partial charge on any atom is 0.287 e. The Kier molecular flexibility index (Phi) is 3.27. The van der Waals surface area contributed by atoms with Gasteiger partial charge in [-0.25, -0.2) is 4.98 Å². The van der Waals surface area contributed by atoms with Gasteiger partial charge in [0.1, 0.15) is 12.0 Å². The monoisotopic (exact) mass is 317 g/mol. The molecule has 24 heavy (non-hydrogen) atoms. The molecule has 4 rings (SSSR count). The normalized spacial score (nSPS) is 12.5.